The predicted octanol–water partition coefficient (Wildman–Crippen LogP) is 6.96. The number of hydrogen-bond donors (Lipinski definition) is 0. The molecular formula is C32H38B-. The van der Waals surface area contributed by atoms with Crippen molar-refractivity contribution in [3.63, 3.8) is 0 Å². The van der Waals surface area contributed by atoms with Crippen LogP contribution in [0.1, 0.15) is 53.1 Å². The fourth-order valence-corrected chi connectivity index (χ4v) is 7.03. The van der Waals surface area contributed by atoms with Gasteiger partial charge in [0.05, 0.1) is 6.15 Å². The van der Waals surface area contributed by atoms with Crippen LogP contribution in [0.2, 0.25) is 6.32 Å². The summed E-state index contributed by atoms with van der Waals surface area (Å²) in [4.78, 5) is 0. The first-order valence-electron chi connectivity index (χ1n) is 12.6. The number of benzene rings is 4. The first-order chi connectivity index (χ1) is 15.8. The highest BCUT2D eigenvalue weighted by Crippen LogP contribution is 2.27. The minimum absolute atomic E-state index is 1.16. The molecule has 0 atom stereocenters. The predicted molar refractivity (Wildman–Crippen MR) is 150 cm³/mol. The highest BCUT2D eigenvalue weighted by atomic mass is 14.2. The molecule has 170 valence electrons. The van der Waals surface area contributed by atoms with E-state index < -0.39 is 6.15 Å². The van der Waals surface area contributed by atoms with E-state index in [2.05, 4.69) is 115 Å². The summed E-state index contributed by atoms with van der Waals surface area (Å²) in [5.74, 6) is 0. The Labute approximate surface area is 201 Å². The summed E-state index contributed by atoms with van der Waals surface area (Å²) in [6.45, 7) is 16.1. The largest absolute Gasteiger partial charge is 0.194 e. The molecule has 33 heavy (non-hydrogen) atoms. The molecule has 4 aromatic carbocycles. The molecule has 0 unspecified atom stereocenters. The number of unbranched alkanes of at least 4 members (excludes halogenated alkanes) is 1. The zero-order chi connectivity index (χ0) is 23.8. The minimum Gasteiger partial charge on any atom is -0.194 e. The molecule has 0 bridgehead atoms. The van der Waals surface area contributed by atoms with E-state index in [1.165, 1.54) is 68.8 Å². The Morgan fingerprint density at radius 1 is 0.606 bits per heavy atom. The average Bonchev–Trinajstić information content (AvgIpc) is 2.75. The molecule has 0 aliphatic carbocycles. The zero-order valence-corrected chi connectivity index (χ0v) is 21.5. The molecule has 0 nitrogen and oxygen atoms in total. The maximum Gasteiger partial charge on any atom is 0.0835 e. The van der Waals surface area contributed by atoms with E-state index >= 15 is 0 Å². The molecule has 0 amide bonds. The second-order valence-electron chi connectivity index (χ2n) is 10.4. The second-order valence-corrected chi connectivity index (χ2v) is 10.4. The van der Waals surface area contributed by atoms with E-state index in [1.807, 2.05) is 0 Å². The lowest BCUT2D eigenvalue weighted by Crippen LogP contribution is -2.69. The smallest absolute Gasteiger partial charge is 0.0835 e. The summed E-state index contributed by atoms with van der Waals surface area (Å²) in [7, 11) is 0. The van der Waals surface area contributed by atoms with Gasteiger partial charge in [-0.05, 0) is 46.9 Å². The lowest BCUT2D eigenvalue weighted by Gasteiger charge is -2.48. The molecule has 4 aromatic rings. The summed E-state index contributed by atoms with van der Waals surface area (Å²) in [5.41, 5.74) is 13.0. The van der Waals surface area contributed by atoms with E-state index in [9.17, 15) is 0 Å². The van der Waals surface area contributed by atoms with Crippen LogP contribution in [0.5, 0.6) is 0 Å². The topological polar surface area (TPSA) is 0 Å². The van der Waals surface area contributed by atoms with Gasteiger partial charge < -0.3 is 0 Å². The fraction of sp³-hybridized carbons (Fsp3) is 0.312. The molecule has 0 spiro atoms. The van der Waals surface area contributed by atoms with Crippen molar-refractivity contribution >= 4 is 33.3 Å². The van der Waals surface area contributed by atoms with E-state index in [4.69, 9.17) is 0 Å². The van der Waals surface area contributed by atoms with Gasteiger partial charge in [-0.1, -0.05) is 125 Å². The molecule has 0 fully saturated rings. The van der Waals surface area contributed by atoms with Crippen molar-refractivity contribution < 1.29 is 0 Å². The lowest BCUT2D eigenvalue weighted by molar-refractivity contribution is 0.874. The molecule has 4 rings (SSSR count). The van der Waals surface area contributed by atoms with Crippen molar-refractivity contribution in [2.75, 3.05) is 0 Å². The van der Waals surface area contributed by atoms with Crippen molar-refractivity contribution in [1.82, 2.24) is 0 Å². The van der Waals surface area contributed by atoms with E-state index in [-0.39, 0.29) is 0 Å². The van der Waals surface area contributed by atoms with E-state index in [1.54, 1.807) is 10.9 Å². The molecule has 0 heterocycles. The van der Waals surface area contributed by atoms with Gasteiger partial charge in [0.25, 0.3) is 0 Å². The Bertz CT molecular complexity index is 1200. The number of rotatable bonds is 6. The van der Waals surface area contributed by atoms with E-state index in [0.29, 0.717) is 0 Å². The highest BCUT2D eigenvalue weighted by Gasteiger charge is 2.35. The van der Waals surface area contributed by atoms with Crippen molar-refractivity contribution in [2.45, 2.75) is 67.6 Å². The fourth-order valence-electron chi connectivity index (χ4n) is 7.03. The molecule has 0 saturated carbocycles. The Hall–Kier alpha value is -2.80. The standard InChI is InChI=1S/C32H38B/c1-8-9-17-33(31-24(4)18-22(2)19-25(31)5,32-26(6)20-23(3)21-27(32)7)30-16-12-14-28-13-10-11-15-29(28)30/h10-16,18-21H,8-9,17H2,1-7H3/q-1. The second kappa shape index (κ2) is 9.22. The Morgan fingerprint density at radius 2 is 1.09 bits per heavy atom. The van der Waals surface area contributed by atoms with Crippen LogP contribution in [0.3, 0.4) is 0 Å². The molecular weight excluding hydrogens is 395 g/mol. The Morgan fingerprint density at radius 3 is 1.61 bits per heavy atom. The maximum absolute atomic E-state index is 2.43. The van der Waals surface area contributed by atoms with Gasteiger partial charge in [0.1, 0.15) is 0 Å². The Kier molecular flexibility index (Phi) is 6.53. The van der Waals surface area contributed by atoms with Crippen LogP contribution in [-0.2, 0) is 0 Å². The van der Waals surface area contributed by atoms with Gasteiger partial charge in [0.2, 0.25) is 0 Å². The molecule has 0 aliphatic rings. The maximum atomic E-state index is 2.43. The van der Waals surface area contributed by atoms with Gasteiger partial charge in [-0.2, -0.15) is 22.7 Å². The van der Waals surface area contributed by atoms with Crippen LogP contribution in [0.25, 0.3) is 10.8 Å². The van der Waals surface area contributed by atoms with Gasteiger partial charge in [-0.25, -0.2) is 0 Å². The number of aryl methyl sites for hydroxylation is 6. The quantitative estimate of drug-likeness (QED) is 0.288. The third kappa shape index (κ3) is 4.03. The first kappa shape index (κ1) is 23.4. The minimum atomic E-state index is -1.16. The number of fused-ring (bicyclic) bond motifs is 1. The average molecular weight is 433 g/mol. The van der Waals surface area contributed by atoms with Gasteiger partial charge in [0, 0.05) is 0 Å². The van der Waals surface area contributed by atoms with Crippen LogP contribution < -0.4 is 16.4 Å². The zero-order valence-electron chi connectivity index (χ0n) is 21.5. The monoisotopic (exact) mass is 433 g/mol. The highest BCUT2D eigenvalue weighted by molar-refractivity contribution is 7.13. The van der Waals surface area contributed by atoms with Gasteiger partial charge >= 0.3 is 0 Å². The van der Waals surface area contributed by atoms with Crippen LogP contribution >= 0.6 is 0 Å². The first-order valence-corrected chi connectivity index (χ1v) is 12.6. The summed E-state index contributed by atoms with van der Waals surface area (Å²) in [5, 5.41) is 2.73. The van der Waals surface area contributed by atoms with Gasteiger partial charge in [0.15, 0.2) is 0 Å². The molecule has 0 radical (unpaired) electrons. The molecule has 1 heteroatoms. The van der Waals surface area contributed by atoms with Crippen LogP contribution in [0.4, 0.5) is 0 Å². The van der Waals surface area contributed by atoms with Crippen LogP contribution in [0, 0.1) is 41.5 Å². The SMILES string of the molecule is CCCC[B-](c1c(C)cc(C)cc1C)(c1c(C)cc(C)cc1C)c1cccc2ccccc12. The summed E-state index contributed by atoms with van der Waals surface area (Å²) in [6, 6.07) is 25.5. The van der Waals surface area contributed by atoms with Crippen LogP contribution in [0.15, 0.2) is 66.7 Å². The summed E-state index contributed by atoms with van der Waals surface area (Å²) in [6.07, 6.45) is 2.42. The van der Waals surface area contributed by atoms with Crippen molar-refractivity contribution in [1.29, 1.82) is 0 Å². The van der Waals surface area contributed by atoms with Crippen LogP contribution in [-0.4, -0.2) is 6.15 Å². The third-order valence-corrected chi connectivity index (χ3v) is 7.81. The van der Waals surface area contributed by atoms with Crippen molar-refractivity contribution in [2.24, 2.45) is 0 Å². The molecule has 0 aliphatic heterocycles. The third-order valence-electron chi connectivity index (χ3n) is 7.81. The lowest BCUT2D eigenvalue weighted by atomic mass is 9.12. The van der Waals surface area contributed by atoms with E-state index in [0.717, 1.165) is 0 Å². The van der Waals surface area contributed by atoms with Gasteiger partial charge in [-0.15, -0.1) is 0 Å². The molecule has 0 saturated heterocycles. The number of hydrogen-bond acceptors (Lipinski definition) is 0. The summed E-state index contributed by atoms with van der Waals surface area (Å²) < 4.78 is 0. The normalized spacial score (nSPS) is 11.8. The molecule has 0 aromatic heterocycles. The summed E-state index contributed by atoms with van der Waals surface area (Å²) >= 11 is 0. The Balaban J connectivity index is 2.25. The molecule has 0 N–H and O–H groups in total. The van der Waals surface area contributed by atoms with Crippen molar-refractivity contribution in [3.8, 4) is 0 Å². The van der Waals surface area contributed by atoms with Crippen molar-refractivity contribution in [3.05, 3.63) is 100 Å². The van der Waals surface area contributed by atoms with Gasteiger partial charge in [-0.3, -0.25) is 0 Å².